The Hall–Kier alpha value is -1.34. The third-order valence-electron chi connectivity index (χ3n) is 2.81. The van der Waals surface area contributed by atoms with Crippen LogP contribution in [0.5, 0.6) is 0 Å². The molecule has 0 aromatic rings. The first-order valence-electron chi connectivity index (χ1n) is 5.80. The van der Waals surface area contributed by atoms with Gasteiger partial charge < -0.3 is 26.8 Å². The van der Waals surface area contributed by atoms with Crippen molar-refractivity contribution in [3.05, 3.63) is 0 Å². The number of piperidine rings is 1. The zero-order chi connectivity index (χ0) is 12.7. The minimum absolute atomic E-state index is 0.0621. The maximum absolute atomic E-state index is 11.3. The molecule has 0 aliphatic carbocycles. The normalized spacial score (nSPS) is 18.4. The minimum Gasteiger partial charge on any atom is -0.480 e. The van der Waals surface area contributed by atoms with E-state index in [0.29, 0.717) is 12.5 Å². The van der Waals surface area contributed by atoms with Crippen LogP contribution in [0.25, 0.3) is 0 Å². The van der Waals surface area contributed by atoms with E-state index in [2.05, 4.69) is 16.0 Å². The van der Waals surface area contributed by atoms with Crippen LogP contribution in [0, 0.1) is 5.92 Å². The second-order valence-electron chi connectivity index (χ2n) is 4.23. The summed E-state index contributed by atoms with van der Waals surface area (Å²) in [7, 11) is 0. The maximum atomic E-state index is 11.3. The summed E-state index contributed by atoms with van der Waals surface area (Å²) >= 11 is 0. The van der Waals surface area contributed by atoms with Gasteiger partial charge >= 0.3 is 12.0 Å². The third-order valence-corrected chi connectivity index (χ3v) is 2.81. The van der Waals surface area contributed by atoms with Gasteiger partial charge in [-0.2, -0.15) is 0 Å². The molecular weight excluding hydrogens is 224 g/mol. The first kappa shape index (κ1) is 13.7. The monoisotopic (exact) mass is 244 g/mol. The smallest absolute Gasteiger partial charge is 0.322 e. The van der Waals surface area contributed by atoms with Gasteiger partial charge in [0.05, 0.1) is 0 Å². The van der Waals surface area contributed by atoms with E-state index in [1.54, 1.807) is 0 Å². The number of nitrogens with one attached hydrogen (secondary N) is 3. The summed E-state index contributed by atoms with van der Waals surface area (Å²) in [4.78, 5) is 21.7. The van der Waals surface area contributed by atoms with E-state index in [9.17, 15) is 9.59 Å². The van der Waals surface area contributed by atoms with Crippen molar-refractivity contribution in [2.24, 2.45) is 11.7 Å². The van der Waals surface area contributed by atoms with E-state index in [-0.39, 0.29) is 12.6 Å². The van der Waals surface area contributed by atoms with E-state index >= 15 is 0 Å². The second kappa shape index (κ2) is 7.08. The lowest BCUT2D eigenvalue weighted by Crippen LogP contribution is -2.47. The van der Waals surface area contributed by atoms with Crippen molar-refractivity contribution in [3.63, 3.8) is 0 Å². The van der Waals surface area contributed by atoms with Crippen molar-refractivity contribution < 1.29 is 14.7 Å². The number of carboxylic acid groups (broad SMARTS) is 1. The molecule has 0 spiro atoms. The molecule has 0 aromatic heterocycles. The summed E-state index contributed by atoms with van der Waals surface area (Å²) in [5, 5.41) is 16.9. The van der Waals surface area contributed by atoms with Gasteiger partial charge in [-0.3, -0.25) is 4.79 Å². The summed E-state index contributed by atoms with van der Waals surface area (Å²) in [6.45, 7) is 2.53. The number of carbonyl (C=O) groups is 2. The molecule has 0 aromatic carbocycles. The van der Waals surface area contributed by atoms with E-state index in [1.807, 2.05) is 0 Å². The van der Waals surface area contributed by atoms with Crippen molar-refractivity contribution in [1.29, 1.82) is 0 Å². The van der Waals surface area contributed by atoms with Gasteiger partial charge in [0.2, 0.25) is 0 Å². The Morgan fingerprint density at radius 2 is 2.00 bits per heavy atom. The number of hydrogen-bond acceptors (Lipinski definition) is 4. The molecule has 1 heterocycles. The van der Waals surface area contributed by atoms with Gasteiger partial charge in [0.25, 0.3) is 0 Å². The molecule has 1 saturated heterocycles. The molecule has 2 amide bonds. The highest BCUT2D eigenvalue weighted by atomic mass is 16.4. The summed E-state index contributed by atoms with van der Waals surface area (Å²) in [5.41, 5.74) is 5.25. The Kier molecular flexibility index (Phi) is 5.71. The molecule has 1 atom stereocenters. The summed E-state index contributed by atoms with van der Waals surface area (Å²) < 4.78 is 0. The number of urea groups is 1. The van der Waals surface area contributed by atoms with Crippen LogP contribution in [0.2, 0.25) is 0 Å². The molecule has 17 heavy (non-hydrogen) atoms. The Bertz CT molecular complexity index is 266. The summed E-state index contributed by atoms with van der Waals surface area (Å²) in [6, 6.07) is -1.42. The average molecular weight is 244 g/mol. The Labute approximate surface area is 100 Å². The Balaban J connectivity index is 2.10. The van der Waals surface area contributed by atoms with Crippen molar-refractivity contribution in [1.82, 2.24) is 16.0 Å². The number of rotatable bonds is 5. The topological polar surface area (TPSA) is 116 Å². The fourth-order valence-corrected chi connectivity index (χ4v) is 1.68. The van der Waals surface area contributed by atoms with Crippen LogP contribution >= 0.6 is 0 Å². The van der Waals surface area contributed by atoms with E-state index < -0.39 is 12.0 Å². The predicted octanol–water partition coefficient (Wildman–Crippen LogP) is -1.30. The second-order valence-corrected chi connectivity index (χ2v) is 4.23. The molecule has 0 unspecified atom stereocenters. The maximum Gasteiger partial charge on any atom is 0.322 e. The number of hydrogen-bond donors (Lipinski definition) is 5. The summed E-state index contributed by atoms with van der Waals surface area (Å²) in [5.74, 6) is -0.626. The van der Waals surface area contributed by atoms with Gasteiger partial charge in [0, 0.05) is 13.1 Å². The zero-order valence-electron chi connectivity index (χ0n) is 9.74. The lowest BCUT2D eigenvalue weighted by Gasteiger charge is -2.22. The number of nitrogens with two attached hydrogens (primary N) is 1. The molecule has 0 radical (unpaired) electrons. The molecule has 1 aliphatic heterocycles. The highest BCUT2D eigenvalue weighted by molar-refractivity contribution is 5.77. The van der Waals surface area contributed by atoms with Gasteiger partial charge in [0.1, 0.15) is 6.04 Å². The van der Waals surface area contributed by atoms with E-state index in [4.69, 9.17) is 10.8 Å². The van der Waals surface area contributed by atoms with Gasteiger partial charge in [-0.15, -0.1) is 0 Å². The number of amides is 2. The molecule has 6 N–H and O–H groups in total. The van der Waals surface area contributed by atoms with Crippen molar-refractivity contribution in [3.8, 4) is 0 Å². The molecule has 0 bridgehead atoms. The Morgan fingerprint density at radius 3 is 2.59 bits per heavy atom. The fraction of sp³-hybridized carbons (Fsp3) is 0.800. The van der Waals surface area contributed by atoms with E-state index in [1.165, 1.54) is 0 Å². The van der Waals surface area contributed by atoms with Gasteiger partial charge in [-0.05, 0) is 31.8 Å². The zero-order valence-corrected chi connectivity index (χ0v) is 9.74. The molecule has 1 aliphatic rings. The largest absolute Gasteiger partial charge is 0.480 e. The molecule has 98 valence electrons. The number of carbonyl (C=O) groups excluding carboxylic acids is 1. The number of carboxylic acids is 1. The van der Waals surface area contributed by atoms with Crippen LogP contribution in [0.3, 0.4) is 0 Å². The summed E-state index contributed by atoms with van der Waals surface area (Å²) in [6.07, 6.45) is 2.10. The molecule has 0 saturated carbocycles. The molecule has 1 fully saturated rings. The quantitative estimate of drug-likeness (QED) is 0.412. The van der Waals surface area contributed by atoms with Crippen LogP contribution in [0.1, 0.15) is 12.8 Å². The third kappa shape index (κ3) is 5.50. The molecule has 7 heteroatoms. The first-order valence-corrected chi connectivity index (χ1v) is 5.80. The number of aliphatic carboxylic acids is 1. The highest BCUT2D eigenvalue weighted by Crippen LogP contribution is 2.09. The van der Waals surface area contributed by atoms with Crippen LogP contribution in [-0.4, -0.2) is 49.3 Å². The van der Waals surface area contributed by atoms with Crippen LogP contribution in [0.4, 0.5) is 4.79 Å². The standard InChI is InChI=1S/C10H20N4O3/c11-8(9(15)16)6-14-10(17)13-5-7-1-3-12-4-2-7/h7-8,12H,1-6,11H2,(H,15,16)(H2,13,14,17)/t8-/m0/s1. The van der Waals surface area contributed by atoms with Crippen molar-refractivity contribution >= 4 is 12.0 Å². The van der Waals surface area contributed by atoms with Gasteiger partial charge in [-0.25, -0.2) is 4.79 Å². The van der Waals surface area contributed by atoms with Crippen LogP contribution in [-0.2, 0) is 4.79 Å². The van der Waals surface area contributed by atoms with Gasteiger partial charge in [-0.1, -0.05) is 0 Å². The minimum atomic E-state index is -1.12. The first-order chi connectivity index (χ1) is 8.09. The predicted molar refractivity (Wildman–Crippen MR) is 62.6 cm³/mol. The van der Waals surface area contributed by atoms with Crippen LogP contribution < -0.4 is 21.7 Å². The van der Waals surface area contributed by atoms with Crippen LogP contribution in [0.15, 0.2) is 0 Å². The fourth-order valence-electron chi connectivity index (χ4n) is 1.68. The Morgan fingerprint density at radius 1 is 1.35 bits per heavy atom. The highest BCUT2D eigenvalue weighted by Gasteiger charge is 2.15. The van der Waals surface area contributed by atoms with E-state index in [0.717, 1.165) is 25.9 Å². The lowest BCUT2D eigenvalue weighted by atomic mass is 9.98. The molecule has 1 rings (SSSR count). The molecule has 7 nitrogen and oxygen atoms in total. The lowest BCUT2D eigenvalue weighted by molar-refractivity contribution is -0.138. The van der Waals surface area contributed by atoms with Crippen molar-refractivity contribution in [2.75, 3.05) is 26.2 Å². The van der Waals surface area contributed by atoms with Crippen molar-refractivity contribution in [2.45, 2.75) is 18.9 Å². The van der Waals surface area contributed by atoms with Gasteiger partial charge in [0.15, 0.2) is 0 Å². The SMILES string of the molecule is N[C@@H](CNC(=O)NCC1CCNCC1)C(=O)O. The average Bonchev–Trinajstić information content (AvgIpc) is 2.34. The molecular formula is C10H20N4O3.